The van der Waals surface area contributed by atoms with Crippen LogP contribution in [0.2, 0.25) is 0 Å². The Kier molecular flexibility index (Phi) is 3.32. The van der Waals surface area contributed by atoms with Crippen LogP contribution in [0.5, 0.6) is 0 Å². The lowest BCUT2D eigenvalue weighted by Crippen LogP contribution is -1.95. The van der Waals surface area contributed by atoms with Crippen molar-refractivity contribution in [3.63, 3.8) is 0 Å². The van der Waals surface area contributed by atoms with Crippen LogP contribution >= 0.6 is 23.2 Å². The summed E-state index contributed by atoms with van der Waals surface area (Å²) < 4.78 is 1.95. The van der Waals surface area contributed by atoms with Gasteiger partial charge in [0.15, 0.2) is 0 Å². The SMILES string of the molecule is O=Cc1ccc2ccn(C/C(Cl)=C\Cl)c2c1. The summed E-state index contributed by atoms with van der Waals surface area (Å²) in [7, 11) is 0. The maximum atomic E-state index is 10.7. The average Bonchev–Trinajstić information content (AvgIpc) is 2.71. The van der Waals surface area contributed by atoms with E-state index in [9.17, 15) is 4.79 Å². The van der Waals surface area contributed by atoms with E-state index in [1.807, 2.05) is 29.0 Å². The van der Waals surface area contributed by atoms with Gasteiger partial charge in [-0.15, -0.1) is 0 Å². The van der Waals surface area contributed by atoms with E-state index >= 15 is 0 Å². The first kappa shape index (κ1) is 11.2. The molecule has 0 spiro atoms. The zero-order chi connectivity index (χ0) is 11.5. The van der Waals surface area contributed by atoms with Crippen LogP contribution in [0, 0.1) is 0 Å². The van der Waals surface area contributed by atoms with E-state index in [1.165, 1.54) is 5.54 Å². The molecule has 1 aromatic carbocycles. The Morgan fingerprint density at radius 2 is 2.19 bits per heavy atom. The monoisotopic (exact) mass is 253 g/mol. The highest BCUT2D eigenvalue weighted by Crippen LogP contribution is 2.19. The van der Waals surface area contributed by atoms with Gasteiger partial charge in [-0.1, -0.05) is 35.3 Å². The van der Waals surface area contributed by atoms with Gasteiger partial charge in [-0.25, -0.2) is 0 Å². The van der Waals surface area contributed by atoms with Crippen molar-refractivity contribution in [1.82, 2.24) is 4.57 Å². The molecule has 1 heterocycles. The van der Waals surface area contributed by atoms with Gasteiger partial charge >= 0.3 is 0 Å². The van der Waals surface area contributed by atoms with Crippen molar-refractivity contribution in [2.24, 2.45) is 0 Å². The molecule has 2 aromatic rings. The fraction of sp³-hybridized carbons (Fsp3) is 0.0833. The molecule has 0 bridgehead atoms. The number of rotatable bonds is 3. The van der Waals surface area contributed by atoms with E-state index in [1.54, 1.807) is 6.07 Å². The molecule has 0 N–H and O–H groups in total. The van der Waals surface area contributed by atoms with Crippen LogP contribution < -0.4 is 0 Å². The molecule has 0 saturated carbocycles. The highest BCUT2D eigenvalue weighted by Gasteiger charge is 2.03. The Hall–Kier alpha value is -1.25. The van der Waals surface area contributed by atoms with Crippen LogP contribution in [0.3, 0.4) is 0 Å². The lowest BCUT2D eigenvalue weighted by atomic mass is 10.2. The van der Waals surface area contributed by atoms with Crippen LogP contribution in [0.15, 0.2) is 41.0 Å². The first-order valence-electron chi connectivity index (χ1n) is 4.73. The van der Waals surface area contributed by atoms with Crippen molar-refractivity contribution in [2.75, 3.05) is 0 Å². The molecule has 2 nitrogen and oxygen atoms in total. The third-order valence-electron chi connectivity index (χ3n) is 2.37. The van der Waals surface area contributed by atoms with Gasteiger partial charge in [0.25, 0.3) is 0 Å². The summed E-state index contributed by atoms with van der Waals surface area (Å²) >= 11 is 11.4. The fourth-order valence-electron chi connectivity index (χ4n) is 1.61. The molecule has 82 valence electrons. The fourth-order valence-corrected chi connectivity index (χ4v) is 1.81. The van der Waals surface area contributed by atoms with Gasteiger partial charge in [-0.3, -0.25) is 4.79 Å². The normalized spacial score (nSPS) is 12.0. The Morgan fingerprint density at radius 1 is 1.38 bits per heavy atom. The number of carbonyl (C=O) groups excluding carboxylic acids is 1. The zero-order valence-corrected chi connectivity index (χ0v) is 9.87. The highest BCUT2D eigenvalue weighted by atomic mass is 35.5. The first-order chi connectivity index (χ1) is 7.74. The predicted octanol–water partition coefficient (Wildman–Crippen LogP) is 3.77. The number of aromatic nitrogens is 1. The van der Waals surface area contributed by atoms with Gasteiger partial charge in [0.05, 0.1) is 6.54 Å². The van der Waals surface area contributed by atoms with E-state index < -0.39 is 0 Å². The Balaban J connectivity index is 2.49. The van der Waals surface area contributed by atoms with Crippen LogP contribution in [0.25, 0.3) is 10.9 Å². The molecule has 2 rings (SSSR count). The molecule has 0 saturated heterocycles. The Labute approximate surface area is 103 Å². The van der Waals surface area contributed by atoms with Crippen molar-refractivity contribution in [1.29, 1.82) is 0 Å². The predicted molar refractivity (Wildman–Crippen MR) is 67.1 cm³/mol. The maximum Gasteiger partial charge on any atom is 0.150 e. The van der Waals surface area contributed by atoms with Crippen molar-refractivity contribution < 1.29 is 4.79 Å². The summed E-state index contributed by atoms with van der Waals surface area (Å²) in [6, 6.07) is 7.51. The van der Waals surface area contributed by atoms with E-state index in [0.29, 0.717) is 17.1 Å². The molecule has 0 radical (unpaired) electrons. The maximum absolute atomic E-state index is 10.7. The molecule has 0 fully saturated rings. The van der Waals surface area contributed by atoms with Crippen molar-refractivity contribution in [3.8, 4) is 0 Å². The van der Waals surface area contributed by atoms with Crippen molar-refractivity contribution in [2.45, 2.75) is 6.54 Å². The molecule has 16 heavy (non-hydrogen) atoms. The largest absolute Gasteiger partial charge is 0.342 e. The third-order valence-corrected chi connectivity index (χ3v) is 2.98. The lowest BCUT2D eigenvalue weighted by Gasteiger charge is -2.03. The Morgan fingerprint density at radius 3 is 2.88 bits per heavy atom. The minimum atomic E-state index is 0.511. The quantitative estimate of drug-likeness (QED) is 0.764. The number of halogens is 2. The third kappa shape index (κ3) is 2.13. The molecule has 0 aliphatic rings. The van der Waals surface area contributed by atoms with Crippen LogP contribution in [-0.2, 0) is 6.54 Å². The van der Waals surface area contributed by atoms with E-state index in [4.69, 9.17) is 23.2 Å². The minimum Gasteiger partial charge on any atom is -0.342 e. The zero-order valence-electron chi connectivity index (χ0n) is 8.36. The summed E-state index contributed by atoms with van der Waals surface area (Å²) in [5.74, 6) is 0. The molecular weight excluding hydrogens is 245 g/mol. The lowest BCUT2D eigenvalue weighted by molar-refractivity contribution is 0.112. The Bertz CT molecular complexity index is 557. The molecule has 0 unspecified atom stereocenters. The topological polar surface area (TPSA) is 22.0 Å². The summed E-state index contributed by atoms with van der Waals surface area (Å²) in [4.78, 5) is 10.7. The standard InChI is InChI=1S/C12H9Cl2NO/c13-6-11(14)7-15-4-3-10-2-1-9(8-16)5-12(10)15/h1-6,8H,7H2/b11-6+. The number of allylic oxidation sites excluding steroid dienone is 1. The summed E-state index contributed by atoms with van der Waals surface area (Å²) in [5, 5.41) is 1.63. The number of benzene rings is 1. The van der Waals surface area contributed by atoms with E-state index in [-0.39, 0.29) is 0 Å². The molecule has 0 amide bonds. The number of hydrogen-bond donors (Lipinski definition) is 0. The van der Waals surface area contributed by atoms with Crippen LogP contribution in [0.4, 0.5) is 0 Å². The molecular formula is C12H9Cl2NO. The molecule has 1 aromatic heterocycles. The summed E-state index contributed by atoms with van der Waals surface area (Å²) in [6.07, 6.45) is 2.75. The molecule has 0 aliphatic carbocycles. The second kappa shape index (κ2) is 4.73. The van der Waals surface area contributed by atoms with Gasteiger partial charge in [0.1, 0.15) is 6.29 Å². The summed E-state index contributed by atoms with van der Waals surface area (Å²) in [5.41, 5.74) is 2.97. The molecule has 4 heteroatoms. The van der Waals surface area contributed by atoms with Crippen molar-refractivity contribution in [3.05, 3.63) is 46.6 Å². The molecule has 0 aliphatic heterocycles. The number of aldehydes is 1. The number of carbonyl (C=O) groups is 1. The second-order valence-electron chi connectivity index (χ2n) is 3.44. The van der Waals surface area contributed by atoms with Crippen molar-refractivity contribution >= 4 is 40.4 Å². The minimum absolute atomic E-state index is 0.511. The smallest absolute Gasteiger partial charge is 0.150 e. The number of hydrogen-bond acceptors (Lipinski definition) is 1. The summed E-state index contributed by atoms with van der Waals surface area (Å²) in [6.45, 7) is 0.511. The highest BCUT2D eigenvalue weighted by molar-refractivity contribution is 6.36. The van der Waals surface area contributed by atoms with Gasteiger partial charge in [0, 0.05) is 27.8 Å². The van der Waals surface area contributed by atoms with Gasteiger partial charge in [-0.2, -0.15) is 0 Å². The first-order valence-corrected chi connectivity index (χ1v) is 5.55. The number of fused-ring (bicyclic) bond motifs is 1. The second-order valence-corrected chi connectivity index (χ2v) is 4.14. The van der Waals surface area contributed by atoms with Gasteiger partial charge in [-0.05, 0) is 17.5 Å². The number of nitrogens with zero attached hydrogens (tertiary/aromatic N) is 1. The van der Waals surface area contributed by atoms with Gasteiger partial charge < -0.3 is 4.57 Å². The van der Waals surface area contributed by atoms with E-state index in [2.05, 4.69) is 0 Å². The average molecular weight is 254 g/mol. The van der Waals surface area contributed by atoms with Crippen LogP contribution in [-0.4, -0.2) is 10.9 Å². The van der Waals surface area contributed by atoms with E-state index in [0.717, 1.165) is 17.2 Å². The molecule has 0 atom stereocenters. The van der Waals surface area contributed by atoms with Gasteiger partial charge in [0.2, 0.25) is 0 Å². The van der Waals surface area contributed by atoms with Crippen LogP contribution in [0.1, 0.15) is 10.4 Å².